The van der Waals surface area contributed by atoms with E-state index in [-0.39, 0.29) is 0 Å². The summed E-state index contributed by atoms with van der Waals surface area (Å²) in [6, 6.07) is 8.77. The monoisotopic (exact) mass is 205 g/mol. The van der Waals surface area contributed by atoms with Gasteiger partial charge in [0.05, 0.1) is 6.61 Å². The van der Waals surface area contributed by atoms with Crippen LogP contribution in [-0.4, -0.2) is 20.3 Å². The van der Waals surface area contributed by atoms with Crippen LogP contribution in [0.2, 0.25) is 0 Å². The van der Waals surface area contributed by atoms with Crippen molar-refractivity contribution in [3.05, 3.63) is 35.4 Å². The molecule has 0 unspecified atom stereocenters. The van der Waals surface area contributed by atoms with Crippen LogP contribution in [-0.2, 0) is 11.3 Å². The SMILES string of the molecule is COCCNCc1ccccc1C1CC1. The number of benzene rings is 1. The summed E-state index contributed by atoms with van der Waals surface area (Å²) in [4.78, 5) is 0. The number of hydrogen-bond donors (Lipinski definition) is 1. The van der Waals surface area contributed by atoms with Gasteiger partial charge in [-0.25, -0.2) is 0 Å². The van der Waals surface area contributed by atoms with Crippen LogP contribution in [0, 0.1) is 0 Å². The van der Waals surface area contributed by atoms with Crippen molar-refractivity contribution in [3.63, 3.8) is 0 Å². The molecule has 0 radical (unpaired) electrons. The van der Waals surface area contributed by atoms with Crippen LogP contribution < -0.4 is 5.32 Å². The lowest BCUT2D eigenvalue weighted by Gasteiger charge is -2.09. The Morgan fingerprint density at radius 1 is 1.33 bits per heavy atom. The van der Waals surface area contributed by atoms with Crippen molar-refractivity contribution in [2.75, 3.05) is 20.3 Å². The molecule has 0 aliphatic heterocycles. The fourth-order valence-corrected chi connectivity index (χ4v) is 1.89. The number of nitrogens with one attached hydrogen (secondary N) is 1. The van der Waals surface area contributed by atoms with E-state index in [1.807, 2.05) is 0 Å². The zero-order chi connectivity index (χ0) is 10.5. The summed E-state index contributed by atoms with van der Waals surface area (Å²) in [5.74, 6) is 0.838. The fraction of sp³-hybridized carbons (Fsp3) is 0.538. The summed E-state index contributed by atoms with van der Waals surface area (Å²) in [5, 5.41) is 3.40. The molecule has 15 heavy (non-hydrogen) atoms. The first-order valence-corrected chi connectivity index (χ1v) is 5.69. The summed E-state index contributed by atoms with van der Waals surface area (Å²) >= 11 is 0. The molecule has 1 aromatic carbocycles. The van der Waals surface area contributed by atoms with Crippen LogP contribution in [0.1, 0.15) is 29.9 Å². The number of rotatable bonds is 6. The second-order valence-corrected chi connectivity index (χ2v) is 4.14. The summed E-state index contributed by atoms with van der Waals surface area (Å²) in [5.41, 5.74) is 3.00. The average molecular weight is 205 g/mol. The van der Waals surface area contributed by atoms with Gasteiger partial charge in [0.25, 0.3) is 0 Å². The molecule has 1 saturated carbocycles. The van der Waals surface area contributed by atoms with E-state index < -0.39 is 0 Å². The van der Waals surface area contributed by atoms with E-state index in [0.29, 0.717) is 0 Å². The van der Waals surface area contributed by atoms with Gasteiger partial charge in [-0.05, 0) is 29.9 Å². The van der Waals surface area contributed by atoms with Crippen molar-refractivity contribution >= 4 is 0 Å². The molecular formula is C13H19NO. The van der Waals surface area contributed by atoms with Gasteiger partial charge in [0, 0.05) is 20.2 Å². The second-order valence-electron chi connectivity index (χ2n) is 4.14. The maximum Gasteiger partial charge on any atom is 0.0587 e. The summed E-state index contributed by atoms with van der Waals surface area (Å²) in [6.07, 6.45) is 2.74. The molecule has 0 saturated heterocycles. The van der Waals surface area contributed by atoms with E-state index in [0.717, 1.165) is 25.6 Å². The standard InChI is InChI=1S/C13H19NO/c1-15-9-8-14-10-12-4-2-3-5-13(12)11-6-7-11/h2-5,11,14H,6-10H2,1H3. The van der Waals surface area contributed by atoms with E-state index in [1.54, 1.807) is 12.7 Å². The lowest BCUT2D eigenvalue weighted by molar-refractivity contribution is 0.199. The molecule has 1 aliphatic rings. The molecule has 0 atom stereocenters. The van der Waals surface area contributed by atoms with Crippen LogP contribution in [0.5, 0.6) is 0 Å². The molecule has 2 nitrogen and oxygen atoms in total. The molecule has 1 aromatic rings. The van der Waals surface area contributed by atoms with Crippen LogP contribution in [0.15, 0.2) is 24.3 Å². The van der Waals surface area contributed by atoms with Gasteiger partial charge in [-0.2, -0.15) is 0 Å². The smallest absolute Gasteiger partial charge is 0.0587 e. The van der Waals surface area contributed by atoms with Gasteiger partial charge >= 0.3 is 0 Å². The Labute approximate surface area is 91.6 Å². The molecule has 82 valence electrons. The Morgan fingerprint density at radius 3 is 2.87 bits per heavy atom. The van der Waals surface area contributed by atoms with Gasteiger partial charge in [0.15, 0.2) is 0 Å². The Bertz CT molecular complexity index is 307. The highest BCUT2D eigenvalue weighted by molar-refractivity contribution is 5.33. The molecule has 0 amide bonds. The van der Waals surface area contributed by atoms with E-state index in [1.165, 1.54) is 18.4 Å². The molecular weight excluding hydrogens is 186 g/mol. The van der Waals surface area contributed by atoms with Crippen molar-refractivity contribution in [2.45, 2.75) is 25.3 Å². The predicted octanol–water partition coefficient (Wildman–Crippen LogP) is 2.30. The van der Waals surface area contributed by atoms with E-state index in [4.69, 9.17) is 4.74 Å². The van der Waals surface area contributed by atoms with Crippen molar-refractivity contribution in [1.29, 1.82) is 0 Å². The molecule has 1 aliphatic carbocycles. The molecule has 0 bridgehead atoms. The topological polar surface area (TPSA) is 21.3 Å². The molecule has 1 fully saturated rings. The summed E-state index contributed by atoms with van der Waals surface area (Å²) < 4.78 is 5.01. The molecule has 0 spiro atoms. The van der Waals surface area contributed by atoms with Crippen molar-refractivity contribution in [2.24, 2.45) is 0 Å². The summed E-state index contributed by atoms with van der Waals surface area (Å²) in [7, 11) is 1.74. The number of hydrogen-bond acceptors (Lipinski definition) is 2. The third kappa shape index (κ3) is 3.05. The van der Waals surface area contributed by atoms with E-state index >= 15 is 0 Å². The minimum Gasteiger partial charge on any atom is -0.383 e. The lowest BCUT2D eigenvalue weighted by Crippen LogP contribution is -2.19. The maximum absolute atomic E-state index is 5.01. The third-order valence-corrected chi connectivity index (χ3v) is 2.87. The Kier molecular flexibility index (Phi) is 3.75. The lowest BCUT2D eigenvalue weighted by atomic mass is 10.0. The average Bonchev–Trinajstić information content (AvgIpc) is 3.09. The van der Waals surface area contributed by atoms with E-state index in [2.05, 4.69) is 29.6 Å². The zero-order valence-corrected chi connectivity index (χ0v) is 9.33. The molecule has 0 heterocycles. The molecule has 1 N–H and O–H groups in total. The fourth-order valence-electron chi connectivity index (χ4n) is 1.89. The highest BCUT2D eigenvalue weighted by Crippen LogP contribution is 2.41. The van der Waals surface area contributed by atoms with Crippen molar-refractivity contribution in [1.82, 2.24) is 5.32 Å². The van der Waals surface area contributed by atoms with Crippen molar-refractivity contribution in [3.8, 4) is 0 Å². The number of methoxy groups -OCH3 is 1. The maximum atomic E-state index is 5.01. The van der Waals surface area contributed by atoms with Crippen molar-refractivity contribution < 1.29 is 4.74 Å². The minimum absolute atomic E-state index is 0.783. The zero-order valence-electron chi connectivity index (χ0n) is 9.33. The van der Waals surface area contributed by atoms with Gasteiger partial charge in [0.2, 0.25) is 0 Å². The highest BCUT2D eigenvalue weighted by atomic mass is 16.5. The Hall–Kier alpha value is -0.860. The van der Waals surface area contributed by atoms with Crippen LogP contribution in [0.3, 0.4) is 0 Å². The summed E-state index contributed by atoms with van der Waals surface area (Å²) in [6.45, 7) is 2.68. The predicted molar refractivity (Wildman–Crippen MR) is 62.0 cm³/mol. The minimum atomic E-state index is 0.783. The largest absolute Gasteiger partial charge is 0.383 e. The Balaban J connectivity index is 1.89. The van der Waals surface area contributed by atoms with Gasteiger partial charge in [0.1, 0.15) is 0 Å². The van der Waals surface area contributed by atoms with Crippen LogP contribution >= 0.6 is 0 Å². The van der Waals surface area contributed by atoms with Crippen LogP contribution in [0.4, 0.5) is 0 Å². The molecule has 0 aromatic heterocycles. The highest BCUT2D eigenvalue weighted by Gasteiger charge is 2.25. The first kappa shape index (κ1) is 10.7. The molecule has 2 heteroatoms. The number of ether oxygens (including phenoxy) is 1. The van der Waals surface area contributed by atoms with Gasteiger partial charge < -0.3 is 10.1 Å². The second kappa shape index (κ2) is 5.29. The first-order valence-electron chi connectivity index (χ1n) is 5.69. The van der Waals surface area contributed by atoms with Gasteiger partial charge in [-0.15, -0.1) is 0 Å². The van der Waals surface area contributed by atoms with Gasteiger partial charge in [-0.3, -0.25) is 0 Å². The van der Waals surface area contributed by atoms with E-state index in [9.17, 15) is 0 Å². The van der Waals surface area contributed by atoms with Gasteiger partial charge in [-0.1, -0.05) is 24.3 Å². The Morgan fingerprint density at radius 2 is 2.13 bits per heavy atom. The molecule has 2 rings (SSSR count). The quantitative estimate of drug-likeness (QED) is 0.719. The third-order valence-electron chi connectivity index (χ3n) is 2.87. The van der Waals surface area contributed by atoms with Crippen LogP contribution in [0.25, 0.3) is 0 Å². The first-order chi connectivity index (χ1) is 7.42. The normalized spacial score (nSPS) is 15.5.